The van der Waals surface area contributed by atoms with Crippen molar-refractivity contribution in [1.82, 2.24) is 0 Å². The van der Waals surface area contributed by atoms with Crippen LogP contribution >= 0.6 is 0 Å². The molecule has 2 aromatic rings. The lowest BCUT2D eigenvalue weighted by molar-refractivity contribution is 1.13. The van der Waals surface area contributed by atoms with Crippen LogP contribution in [0.2, 0.25) is 0 Å². The molecule has 0 radical (unpaired) electrons. The third-order valence-corrected chi connectivity index (χ3v) is 4.21. The van der Waals surface area contributed by atoms with Crippen molar-refractivity contribution in [3.63, 3.8) is 0 Å². The molecule has 0 amide bonds. The summed E-state index contributed by atoms with van der Waals surface area (Å²) in [5.41, 5.74) is 15.8. The molecule has 2 aromatic carbocycles. The average Bonchev–Trinajstić information content (AvgIpc) is 2.36. The molecule has 0 saturated carbocycles. The molecular formula is C18H24N2. The minimum Gasteiger partial charge on any atom is -0.397 e. The topological polar surface area (TPSA) is 29.3 Å². The summed E-state index contributed by atoms with van der Waals surface area (Å²) in [4.78, 5) is 2.21. The molecule has 0 aliphatic carbocycles. The van der Waals surface area contributed by atoms with Crippen LogP contribution in [0.15, 0.2) is 24.3 Å². The summed E-state index contributed by atoms with van der Waals surface area (Å²) in [5.74, 6) is 0. The summed E-state index contributed by atoms with van der Waals surface area (Å²) in [5, 5.41) is 0. The molecule has 2 rings (SSSR count). The number of aryl methyl sites for hydroxylation is 3. The Kier molecular flexibility index (Phi) is 3.76. The highest BCUT2D eigenvalue weighted by molar-refractivity contribution is 5.78. The molecule has 2 N–H and O–H groups in total. The standard InChI is InChI=1S/C18H24N2/c1-11-7-8-17(16(19)9-11)20(6)18-14(4)12(2)10-13(3)15(18)5/h7-10H,19H2,1-6H3. The van der Waals surface area contributed by atoms with Gasteiger partial charge in [-0.15, -0.1) is 0 Å². The SMILES string of the molecule is Cc1ccc(N(C)c2c(C)c(C)cc(C)c2C)c(N)c1. The third-order valence-electron chi connectivity index (χ3n) is 4.21. The molecule has 0 saturated heterocycles. The van der Waals surface area contributed by atoms with Crippen molar-refractivity contribution in [2.45, 2.75) is 34.6 Å². The molecule has 20 heavy (non-hydrogen) atoms. The monoisotopic (exact) mass is 268 g/mol. The van der Waals surface area contributed by atoms with Crippen molar-refractivity contribution >= 4 is 17.1 Å². The van der Waals surface area contributed by atoms with E-state index < -0.39 is 0 Å². The van der Waals surface area contributed by atoms with Crippen LogP contribution in [-0.2, 0) is 0 Å². The van der Waals surface area contributed by atoms with E-state index in [0.717, 1.165) is 11.4 Å². The van der Waals surface area contributed by atoms with Crippen molar-refractivity contribution in [1.29, 1.82) is 0 Å². The number of benzene rings is 2. The van der Waals surface area contributed by atoms with Crippen LogP contribution in [0.25, 0.3) is 0 Å². The van der Waals surface area contributed by atoms with Gasteiger partial charge in [-0.25, -0.2) is 0 Å². The smallest absolute Gasteiger partial charge is 0.0642 e. The summed E-state index contributed by atoms with van der Waals surface area (Å²) < 4.78 is 0. The molecule has 0 spiro atoms. The van der Waals surface area contributed by atoms with Gasteiger partial charge in [0.25, 0.3) is 0 Å². The molecule has 0 unspecified atom stereocenters. The number of nitrogen functional groups attached to an aromatic ring is 1. The van der Waals surface area contributed by atoms with E-state index in [9.17, 15) is 0 Å². The first-order valence-electron chi connectivity index (χ1n) is 7.00. The zero-order chi connectivity index (χ0) is 15.0. The van der Waals surface area contributed by atoms with Crippen LogP contribution in [0.1, 0.15) is 27.8 Å². The third kappa shape index (κ3) is 2.38. The second-order valence-corrected chi connectivity index (χ2v) is 5.73. The molecule has 0 aliphatic heterocycles. The van der Waals surface area contributed by atoms with Crippen molar-refractivity contribution < 1.29 is 0 Å². The summed E-state index contributed by atoms with van der Waals surface area (Å²) in [6.45, 7) is 10.7. The second kappa shape index (κ2) is 5.20. The first-order valence-corrected chi connectivity index (χ1v) is 7.00. The average molecular weight is 268 g/mol. The summed E-state index contributed by atoms with van der Waals surface area (Å²) in [7, 11) is 2.09. The molecule has 0 aliphatic rings. The summed E-state index contributed by atoms with van der Waals surface area (Å²) in [6, 6.07) is 8.48. The van der Waals surface area contributed by atoms with Gasteiger partial charge in [-0.3, -0.25) is 0 Å². The van der Waals surface area contributed by atoms with Crippen LogP contribution in [-0.4, -0.2) is 7.05 Å². The lowest BCUT2D eigenvalue weighted by Crippen LogP contribution is -2.15. The summed E-state index contributed by atoms with van der Waals surface area (Å²) in [6.07, 6.45) is 0. The maximum atomic E-state index is 6.19. The first kappa shape index (κ1) is 14.4. The Balaban J connectivity index is 2.62. The molecule has 0 atom stereocenters. The Hall–Kier alpha value is -1.96. The number of nitrogens with zero attached hydrogens (tertiary/aromatic N) is 1. The summed E-state index contributed by atoms with van der Waals surface area (Å²) >= 11 is 0. The highest BCUT2D eigenvalue weighted by Gasteiger charge is 2.15. The maximum Gasteiger partial charge on any atom is 0.0642 e. The Morgan fingerprint density at radius 2 is 1.40 bits per heavy atom. The van der Waals surface area contributed by atoms with E-state index in [0.29, 0.717) is 0 Å². The van der Waals surface area contributed by atoms with Gasteiger partial charge < -0.3 is 10.6 Å². The molecule has 0 bridgehead atoms. The predicted octanol–water partition coefficient (Wildman–Crippen LogP) is 4.58. The number of nitrogens with two attached hydrogens (primary N) is 1. The molecule has 0 fully saturated rings. The van der Waals surface area contributed by atoms with E-state index in [1.54, 1.807) is 0 Å². The minimum absolute atomic E-state index is 0.824. The normalized spacial score (nSPS) is 10.7. The highest BCUT2D eigenvalue weighted by Crippen LogP contribution is 2.36. The fourth-order valence-corrected chi connectivity index (χ4v) is 2.80. The maximum absolute atomic E-state index is 6.19. The molecule has 2 heteroatoms. The van der Waals surface area contributed by atoms with Gasteiger partial charge >= 0.3 is 0 Å². The van der Waals surface area contributed by atoms with Gasteiger partial charge in [-0.05, 0) is 74.6 Å². The van der Waals surface area contributed by atoms with E-state index in [1.807, 2.05) is 6.07 Å². The van der Waals surface area contributed by atoms with Gasteiger partial charge in [0.15, 0.2) is 0 Å². The molecule has 106 valence electrons. The van der Waals surface area contributed by atoms with E-state index in [1.165, 1.54) is 33.5 Å². The van der Waals surface area contributed by atoms with Gasteiger partial charge in [0.2, 0.25) is 0 Å². The van der Waals surface area contributed by atoms with E-state index in [2.05, 4.69) is 64.8 Å². The molecular weight excluding hydrogens is 244 g/mol. The van der Waals surface area contributed by atoms with Crippen molar-refractivity contribution in [2.75, 3.05) is 17.7 Å². The van der Waals surface area contributed by atoms with Crippen molar-refractivity contribution in [3.05, 3.63) is 52.1 Å². The van der Waals surface area contributed by atoms with Gasteiger partial charge in [-0.2, -0.15) is 0 Å². The molecule has 0 heterocycles. The van der Waals surface area contributed by atoms with Gasteiger partial charge in [0.05, 0.1) is 11.4 Å². The predicted molar refractivity (Wildman–Crippen MR) is 89.0 cm³/mol. The number of anilines is 3. The molecule has 2 nitrogen and oxygen atoms in total. The van der Waals surface area contributed by atoms with Crippen LogP contribution in [0.4, 0.5) is 17.1 Å². The van der Waals surface area contributed by atoms with Crippen molar-refractivity contribution in [2.24, 2.45) is 0 Å². The number of hydrogen-bond acceptors (Lipinski definition) is 2. The Labute approximate surface area is 122 Å². The van der Waals surface area contributed by atoms with E-state index in [-0.39, 0.29) is 0 Å². The fraction of sp³-hybridized carbons (Fsp3) is 0.333. The highest BCUT2D eigenvalue weighted by atomic mass is 15.1. The number of rotatable bonds is 2. The zero-order valence-corrected chi connectivity index (χ0v) is 13.3. The zero-order valence-electron chi connectivity index (χ0n) is 13.3. The van der Waals surface area contributed by atoms with Crippen LogP contribution in [0.5, 0.6) is 0 Å². The molecule has 0 aromatic heterocycles. The van der Waals surface area contributed by atoms with Crippen LogP contribution < -0.4 is 10.6 Å². The first-order chi connectivity index (χ1) is 9.32. The lowest BCUT2D eigenvalue weighted by atomic mass is 9.97. The van der Waals surface area contributed by atoms with E-state index in [4.69, 9.17) is 5.73 Å². The largest absolute Gasteiger partial charge is 0.397 e. The van der Waals surface area contributed by atoms with Gasteiger partial charge in [0.1, 0.15) is 0 Å². The quantitative estimate of drug-likeness (QED) is 0.808. The van der Waals surface area contributed by atoms with Crippen molar-refractivity contribution in [3.8, 4) is 0 Å². The van der Waals surface area contributed by atoms with Gasteiger partial charge in [0, 0.05) is 12.7 Å². The van der Waals surface area contributed by atoms with Gasteiger partial charge in [-0.1, -0.05) is 12.1 Å². The van der Waals surface area contributed by atoms with Crippen LogP contribution in [0, 0.1) is 34.6 Å². The van der Waals surface area contributed by atoms with Crippen LogP contribution in [0.3, 0.4) is 0 Å². The Morgan fingerprint density at radius 3 is 1.90 bits per heavy atom. The lowest BCUT2D eigenvalue weighted by Gasteiger charge is -2.27. The minimum atomic E-state index is 0.824. The Bertz CT molecular complexity index is 631. The number of hydrogen-bond donors (Lipinski definition) is 1. The van der Waals surface area contributed by atoms with E-state index >= 15 is 0 Å². The second-order valence-electron chi connectivity index (χ2n) is 5.73. The fourth-order valence-electron chi connectivity index (χ4n) is 2.80. The Morgan fingerprint density at radius 1 is 0.850 bits per heavy atom.